The van der Waals surface area contributed by atoms with Gasteiger partial charge in [0.05, 0.1) is 0 Å². The van der Waals surface area contributed by atoms with E-state index in [1.54, 1.807) is 12.4 Å². The molecule has 1 aromatic carbocycles. The van der Waals surface area contributed by atoms with E-state index in [0.717, 1.165) is 29.1 Å². The Balaban J connectivity index is 2.23. The van der Waals surface area contributed by atoms with Gasteiger partial charge in [-0.2, -0.15) is 0 Å². The summed E-state index contributed by atoms with van der Waals surface area (Å²) in [4.78, 5) is 4.15. The van der Waals surface area contributed by atoms with Gasteiger partial charge in [0.2, 0.25) is 0 Å². The normalized spacial score (nSPS) is 12.4. The van der Waals surface area contributed by atoms with E-state index in [1.807, 2.05) is 6.07 Å². The number of nitrogens with one attached hydrogen (secondary N) is 1. The summed E-state index contributed by atoms with van der Waals surface area (Å²) in [6.45, 7) is 2.89. The standard InChI is InChI=1S/C16H17BrF2N2/c1-2-5-21-16(12-6-13(17)10-20-9-12)7-11-3-4-14(18)8-15(11)19/h3-4,6,8-10,16,21H,2,5,7H2,1H3. The zero-order valence-corrected chi connectivity index (χ0v) is 13.3. The summed E-state index contributed by atoms with van der Waals surface area (Å²) >= 11 is 3.39. The molecule has 0 aliphatic carbocycles. The van der Waals surface area contributed by atoms with Crippen LogP contribution in [0.3, 0.4) is 0 Å². The van der Waals surface area contributed by atoms with E-state index in [1.165, 1.54) is 12.1 Å². The minimum Gasteiger partial charge on any atom is -0.310 e. The first kappa shape index (κ1) is 16.0. The molecule has 0 fully saturated rings. The Morgan fingerprint density at radius 1 is 1.24 bits per heavy atom. The molecule has 5 heteroatoms. The molecule has 0 spiro atoms. The first-order chi connectivity index (χ1) is 10.1. The van der Waals surface area contributed by atoms with Crippen molar-refractivity contribution in [1.29, 1.82) is 0 Å². The maximum atomic E-state index is 13.8. The number of nitrogens with zero attached hydrogens (tertiary/aromatic N) is 1. The van der Waals surface area contributed by atoms with Crippen LogP contribution in [-0.4, -0.2) is 11.5 Å². The molecule has 112 valence electrons. The number of pyridine rings is 1. The highest BCUT2D eigenvalue weighted by Crippen LogP contribution is 2.22. The number of hydrogen-bond donors (Lipinski definition) is 1. The molecule has 0 amide bonds. The van der Waals surface area contributed by atoms with Gasteiger partial charge in [-0.1, -0.05) is 13.0 Å². The highest BCUT2D eigenvalue weighted by molar-refractivity contribution is 9.10. The van der Waals surface area contributed by atoms with Crippen LogP contribution in [0.4, 0.5) is 8.78 Å². The lowest BCUT2D eigenvalue weighted by Crippen LogP contribution is -2.24. The molecule has 0 aliphatic heterocycles. The number of halogens is 3. The SMILES string of the molecule is CCCNC(Cc1ccc(F)cc1F)c1cncc(Br)c1. The van der Waals surface area contributed by atoms with Crippen LogP contribution in [0, 0.1) is 11.6 Å². The third kappa shape index (κ3) is 4.58. The van der Waals surface area contributed by atoms with Gasteiger partial charge in [0.1, 0.15) is 11.6 Å². The summed E-state index contributed by atoms with van der Waals surface area (Å²) < 4.78 is 27.7. The summed E-state index contributed by atoms with van der Waals surface area (Å²) in [6, 6.07) is 5.60. The van der Waals surface area contributed by atoms with Crippen molar-refractivity contribution >= 4 is 15.9 Å². The molecule has 0 radical (unpaired) electrons. The molecule has 1 heterocycles. The Labute approximate surface area is 131 Å². The first-order valence-electron chi connectivity index (χ1n) is 6.88. The zero-order chi connectivity index (χ0) is 15.2. The van der Waals surface area contributed by atoms with E-state index >= 15 is 0 Å². The second-order valence-corrected chi connectivity index (χ2v) is 5.80. The van der Waals surface area contributed by atoms with Crippen LogP contribution in [-0.2, 0) is 6.42 Å². The number of rotatable bonds is 6. The molecule has 2 rings (SSSR count). The highest BCUT2D eigenvalue weighted by Gasteiger charge is 2.15. The second-order valence-electron chi connectivity index (χ2n) is 4.88. The Kier molecular flexibility index (Phi) is 5.82. The maximum Gasteiger partial charge on any atom is 0.129 e. The van der Waals surface area contributed by atoms with Gasteiger partial charge in [-0.3, -0.25) is 4.98 Å². The van der Waals surface area contributed by atoms with Crippen molar-refractivity contribution in [3.8, 4) is 0 Å². The van der Waals surface area contributed by atoms with Crippen molar-refractivity contribution in [1.82, 2.24) is 10.3 Å². The van der Waals surface area contributed by atoms with E-state index in [9.17, 15) is 8.78 Å². The number of aromatic nitrogens is 1. The zero-order valence-electron chi connectivity index (χ0n) is 11.7. The summed E-state index contributed by atoms with van der Waals surface area (Å²) in [6.07, 6.45) is 4.90. The third-order valence-electron chi connectivity index (χ3n) is 3.21. The van der Waals surface area contributed by atoms with Crippen LogP contribution >= 0.6 is 15.9 Å². The van der Waals surface area contributed by atoms with Crippen molar-refractivity contribution in [2.24, 2.45) is 0 Å². The van der Waals surface area contributed by atoms with Gasteiger partial charge in [0.15, 0.2) is 0 Å². The monoisotopic (exact) mass is 354 g/mol. The van der Waals surface area contributed by atoms with Gasteiger partial charge in [0, 0.05) is 29.0 Å². The van der Waals surface area contributed by atoms with Gasteiger partial charge in [-0.25, -0.2) is 8.78 Å². The fourth-order valence-electron chi connectivity index (χ4n) is 2.15. The molecule has 2 nitrogen and oxygen atoms in total. The fourth-order valence-corrected chi connectivity index (χ4v) is 2.53. The predicted molar refractivity (Wildman–Crippen MR) is 83.0 cm³/mol. The van der Waals surface area contributed by atoms with E-state index in [4.69, 9.17) is 0 Å². The van der Waals surface area contributed by atoms with Gasteiger partial charge < -0.3 is 5.32 Å². The van der Waals surface area contributed by atoms with E-state index in [2.05, 4.69) is 33.2 Å². The van der Waals surface area contributed by atoms with Gasteiger partial charge in [-0.15, -0.1) is 0 Å². The fraction of sp³-hybridized carbons (Fsp3) is 0.312. The smallest absolute Gasteiger partial charge is 0.129 e. The summed E-state index contributed by atoms with van der Waals surface area (Å²) in [5, 5.41) is 3.38. The molecule has 0 aliphatic rings. The van der Waals surface area contributed by atoms with E-state index in [-0.39, 0.29) is 6.04 Å². The average molecular weight is 355 g/mol. The molecule has 0 saturated heterocycles. The molecular formula is C16H17BrF2N2. The molecule has 1 N–H and O–H groups in total. The van der Waals surface area contributed by atoms with Crippen LogP contribution in [0.2, 0.25) is 0 Å². The Bertz CT molecular complexity index is 605. The van der Waals surface area contributed by atoms with E-state index < -0.39 is 11.6 Å². The first-order valence-corrected chi connectivity index (χ1v) is 7.67. The Hall–Kier alpha value is -1.33. The molecule has 21 heavy (non-hydrogen) atoms. The lowest BCUT2D eigenvalue weighted by Gasteiger charge is -2.19. The largest absolute Gasteiger partial charge is 0.310 e. The second kappa shape index (κ2) is 7.61. The van der Waals surface area contributed by atoms with Crippen molar-refractivity contribution in [3.63, 3.8) is 0 Å². The highest BCUT2D eigenvalue weighted by atomic mass is 79.9. The molecule has 0 saturated carbocycles. The minimum absolute atomic E-state index is 0.0603. The Morgan fingerprint density at radius 3 is 2.71 bits per heavy atom. The van der Waals surface area contributed by atoms with Crippen molar-refractivity contribution in [3.05, 3.63) is 63.9 Å². The number of hydrogen-bond acceptors (Lipinski definition) is 2. The molecule has 1 unspecified atom stereocenters. The maximum absolute atomic E-state index is 13.8. The topological polar surface area (TPSA) is 24.9 Å². The molecule has 2 aromatic rings. The lowest BCUT2D eigenvalue weighted by molar-refractivity contribution is 0.507. The van der Waals surface area contributed by atoms with Crippen molar-refractivity contribution < 1.29 is 8.78 Å². The van der Waals surface area contributed by atoms with Crippen LogP contribution < -0.4 is 5.32 Å². The summed E-state index contributed by atoms with van der Waals surface area (Å²) in [5.74, 6) is -1.07. The van der Waals surface area contributed by atoms with Crippen LogP contribution in [0.15, 0.2) is 41.1 Å². The quantitative estimate of drug-likeness (QED) is 0.831. The predicted octanol–water partition coefficient (Wildman–Crippen LogP) is 4.41. The van der Waals surface area contributed by atoms with Crippen LogP contribution in [0.25, 0.3) is 0 Å². The molecule has 1 aromatic heterocycles. The lowest BCUT2D eigenvalue weighted by atomic mass is 9.99. The van der Waals surface area contributed by atoms with Gasteiger partial charge in [0.25, 0.3) is 0 Å². The third-order valence-corrected chi connectivity index (χ3v) is 3.64. The van der Waals surface area contributed by atoms with Gasteiger partial charge >= 0.3 is 0 Å². The molecular weight excluding hydrogens is 338 g/mol. The van der Waals surface area contributed by atoms with E-state index in [0.29, 0.717) is 12.0 Å². The Morgan fingerprint density at radius 2 is 2.05 bits per heavy atom. The van der Waals surface area contributed by atoms with Crippen LogP contribution in [0.5, 0.6) is 0 Å². The van der Waals surface area contributed by atoms with Crippen LogP contribution in [0.1, 0.15) is 30.5 Å². The number of benzene rings is 1. The molecule has 1 atom stereocenters. The van der Waals surface area contributed by atoms with Crippen molar-refractivity contribution in [2.75, 3.05) is 6.54 Å². The summed E-state index contributed by atoms with van der Waals surface area (Å²) in [5.41, 5.74) is 1.46. The minimum atomic E-state index is -0.557. The van der Waals surface area contributed by atoms with Crippen molar-refractivity contribution in [2.45, 2.75) is 25.8 Å². The molecule has 0 bridgehead atoms. The average Bonchev–Trinajstić information content (AvgIpc) is 2.45. The van der Waals surface area contributed by atoms with Gasteiger partial charge in [-0.05, 0) is 58.6 Å². The summed E-state index contributed by atoms with van der Waals surface area (Å²) in [7, 11) is 0.